The number of nitrogens with zero attached hydrogens (tertiary/aromatic N) is 1. The second-order valence-electron chi connectivity index (χ2n) is 4.80. The Hall–Kier alpha value is -1.06. The molecule has 2 rings (SSSR count). The normalized spacial score (nSPS) is 22.6. The Morgan fingerprint density at radius 2 is 2.35 bits per heavy atom. The average Bonchev–Trinajstić information content (AvgIpc) is 2.75. The van der Waals surface area contributed by atoms with Crippen molar-refractivity contribution in [1.29, 1.82) is 0 Å². The molecule has 1 aliphatic rings. The molecule has 1 heterocycles. The van der Waals surface area contributed by atoms with Crippen LogP contribution in [0, 0.1) is 0 Å². The first-order valence-corrected chi connectivity index (χ1v) is 6.23. The number of hydrogen-bond acceptors (Lipinski definition) is 3. The molecule has 0 saturated carbocycles. The van der Waals surface area contributed by atoms with Gasteiger partial charge in [0, 0.05) is 6.04 Å². The van der Waals surface area contributed by atoms with Crippen LogP contribution < -0.4 is 4.74 Å². The standard InChI is InChI=1S/C14H21NO2/c1-15-8-4-6-12(15)10-14(16)11-5-3-7-13(9-11)17-2/h3,5,7,9,12,14,16H,4,6,8,10H2,1-2H3/t12-,14+/m0/s1. The van der Waals surface area contributed by atoms with Crippen LogP contribution in [0.3, 0.4) is 0 Å². The maximum Gasteiger partial charge on any atom is 0.119 e. The lowest BCUT2D eigenvalue weighted by Gasteiger charge is -2.22. The van der Waals surface area contributed by atoms with Gasteiger partial charge in [-0.15, -0.1) is 0 Å². The van der Waals surface area contributed by atoms with Gasteiger partial charge >= 0.3 is 0 Å². The van der Waals surface area contributed by atoms with Crippen molar-refractivity contribution < 1.29 is 9.84 Å². The Kier molecular flexibility index (Phi) is 4.02. The highest BCUT2D eigenvalue weighted by atomic mass is 16.5. The third-order valence-electron chi connectivity index (χ3n) is 3.65. The summed E-state index contributed by atoms with van der Waals surface area (Å²) in [6.45, 7) is 1.15. The van der Waals surface area contributed by atoms with Crippen molar-refractivity contribution in [3.63, 3.8) is 0 Å². The summed E-state index contributed by atoms with van der Waals surface area (Å²) in [5.74, 6) is 0.807. The molecular formula is C14H21NO2. The highest BCUT2D eigenvalue weighted by Gasteiger charge is 2.24. The smallest absolute Gasteiger partial charge is 0.119 e. The van der Waals surface area contributed by atoms with Crippen LogP contribution in [0.15, 0.2) is 24.3 Å². The Bertz CT molecular complexity index is 367. The van der Waals surface area contributed by atoms with E-state index in [1.54, 1.807) is 7.11 Å². The Balaban J connectivity index is 2.00. The fourth-order valence-corrected chi connectivity index (χ4v) is 2.52. The van der Waals surface area contributed by atoms with Gasteiger partial charge in [0.05, 0.1) is 13.2 Å². The van der Waals surface area contributed by atoms with Gasteiger partial charge in [-0.2, -0.15) is 0 Å². The molecule has 0 aliphatic carbocycles. The third-order valence-corrected chi connectivity index (χ3v) is 3.65. The molecule has 3 nitrogen and oxygen atoms in total. The predicted octanol–water partition coefficient (Wildman–Crippen LogP) is 2.21. The van der Waals surface area contributed by atoms with Crippen molar-refractivity contribution in [2.45, 2.75) is 31.4 Å². The summed E-state index contributed by atoms with van der Waals surface area (Å²) >= 11 is 0. The van der Waals surface area contributed by atoms with Crippen LogP contribution in [-0.4, -0.2) is 36.8 Å². The molecule has 2 atom stereocenters. The number of aliphatic hydroxyl groups is 1. The van der Waals surface area contributed by atoms with E-state index in [4.69, 9.17) is 4.74 Å². The summed E-state index contributed by atoms with van der Waals surface area (Å²) in [4.78, 5) is 2.34. The van der Waals surface area contributed by atoms with Gasteiger partial charge in [0.1, 0.15) is 5.75 Å². The van der Waals surface area contributed by atoms with Gasteiger partial charge in [-0.3, -0.25) is 0 Å². The fraction of sp³-hybridized carbons (Fsp3) is 0.571. The van der Waals surface area contributed by atoms with Gasteiger partial charge in [-0.1, -0.05) is 12.1 Å². The SMILES string of the molecule is COc1cccc([C@H](O)C[C@@H]2CCCN2C)c1. The van der Waals surface area contributed by atoms with Gasteiger partial charge in [0.25, 0.3) is 0 Å². The fourth-order valence-electron chi connectivity index (χ4n) is 2.52. The molecular weight excluding hydrogens is 214 g/mol. The lowest BCUT2D eigenvalue weighted by Crippen LogP contribution is -2.26. The van der Waals surface area contributed by atoms with Crippen LogP contribution in [-0.2, 0) is 0 Å². The molecule has 17 heavy (non-hydrogen) atoms. The maximum absolute atomic E-state index is 10.2. The van der Waals surface area contributed by atoms with Crippen molar-refractivity contribution in [1.82, 2.24) is 4.90 Å². The van der Waals surface area contributed by atoms with E-state index in [9.17, 15) is 5.11 Å². The minimum absolute atomic E-state index is 0.393. The van der Waals surface area contributed by atoms with Gasteiger partial charge in [-0.25, -0.2) is 0 Å². The van der Waals surface area contributed by atoms with Crippen LogP contribution in [0.4, 0.5) is 0 Å². The molecule has 1 aromatic rings. The molecule has 1 saturated heterocycles. The Morgan fingerprint density at radius 1 is 1.53 bits per heavy atom. The van der Waals surface area contributed by atoms with Crippen molar-refractivity contribution in [2.75, 3.05) is 20.7 Å². The van der Waals surface area contributed by atoms with Crippen LogP contribution in [0.5, 0.6) is 5.75 Å². The quantitative estimate of drug-likeness (QED) is 0.868. The summed E-state index contributed by atoms with van der Waals surface area (Å²) in [5, 5.41) is 10.2. The van der Waals surface area contributed by atoms with Crippen LogP contribution in [0.2, 0.25) is 0 Å². The monoisotopic (exact) mass is 235 g/mol. The van der Waals surface area contributed by atoms with Gasteiger partial charge in [0.15, 0.2) is 0 Å². The summed E-state index contributed by atoms with van der Waals surface area (Å²) in [6.07, 6.45) is 2.85. The lowest BCUT2D eigenvalue weighted by atomic mass is 10.0. The van der Waals surface area contributed by atoms with E-state index >= 15 is 0 Å². The Morgan fingerprint density at radius 3 is 3.00 bits per heavy atom. The summed E-state index contributed by atoms with van der Waals surface area (Å²) in [6, 6.07) is 8.21. The second-order valence-corrected chi connectivity index (χ2v) is 4.80. The predicted molar refractivity (Wildman–Crippen MR) is 68.2 cm³/mol. The number of ether oxygens (including phenoxy) is 1. The summed E-state index contributed by atoms with van der Waals surface area (Å²) < 4.78 is 5.17. The van der Waals surface area contributed by atoms with E-state index < -0.39 is 6.10 Å². The molecule has 0 bridgehead atoms. The molecule has 0 aromatic heterocycles. The zero-order valence-electron chi connectivity index (χ0n) is 10.6. The third kappa shape index (κ3) is 2.99. The first-order valence-electron chi connectivity index (χ1n) is 6.23. The molecule has 0 unspecified atom stereocenters. The number of hydrogen-bond donors (Lipinski definition) is 1. The summed E-state index contributed by atoms with van der Waals surface area (Å²) in [5.41, 5.74) is 0.949. The molecule has 0 radical (unpaired) electrons. The van der Waals surface area contributed by atoms with Gasteiger partial charge < -0.3 is 14.7 Å². The number of aliphatic hydroxyl groups excluding tert-OH is 1. The molecule has 0 amide bonds. The molecule has 0 spiro atoms. The number of rotatable bonds is 4. The van der Waals surface area contributed by atoms with E-state index in [1.807, 2.05) is 24.3 Å². The minimum atomic E-state index is -0.393. The topological polar surface area (TPSA) is 32.7 Å². The van der Waals surface area contributed by atoms with Crippen molar-refractivity contribution in [3.8, 4) is 5.75 Å². The zero-order valence-corrected chi connectivity index (χ0v) is 10.6. The maximum atomic E-state index is 10.2. The van der Waals surface area contributed by atoms with E-state index in [-0.39, 0.29) is 0 Å². The van der Waals surface area contributed by atoms with E-state index in [0.717, 1.165) is 24.3 Å². The van der Waals surface area contributed by atoms with E-state index in [0.29, 0.717) is 6.04 Å². The molecule has 3 heteroatoms. The number of methoxy groups -OCH3 is 1. The van der Waals surface area contributed by atoms with E-state index in [2.05, 4.69) is 11.9 Å². The first kappa shape index (κ1) is 12.4. The van der Waals surface area contributed by atoms with Crippen molar-refractivity contribution in [3.05, 3.63) is 29.8 Å². The lowest BCUT2D eigenvalue weighted by molar-refractivity contribution is 0.130. The number of benzene rings is 1. The van der Waals surface area contributed by atoms with Crippen LogP contribution >= 0.6 is 0 Å². The van der Waals surface area contributed by atoms with Crippen molar-refractivity contribution in [2.24, 2.45) is 0 Å². The highest BCUT2D eigenvalue weighted by molar-refractivity contribution is 5.29. The minimum Gasteiger partial charge on any atom is -0.497 e. The molecule has 1 N–H and O–H groups in total. The molecule has 1 aromatic carbocycles. The summed E-state index contributed by atoms with van der Waals surface area (Å²) in [7, 11) is 3.78. The molecule has 94 valence electrons. The van der Waals surface area contributed by atoms with Gasteiger partial charge in [0.2, 0.25) is 0 Å². The highest BCUT2D eigenvalue weighted by Crippen LogP contribution is 2.27. The molecule has 1 fully saturated rings. The van der Waals surface area contributed by atoms with E-state index in [1.165, 1.54) is 12.8 Å². The van der Waals surface area contributed by atoms with Gasteiger partial charge in [-0.05, 0) is 50.6 Å². The zero-order chi connectivity index (χ0) is 12.3. The van der Waals surface area contributed by atoms with Crippen LogP contribution in [0.25, 0.3) is 0 Å². The second kappa shape index (κ2) is 5.52. The largest absolute Gasteiger partial charge is 0.497 e. The Labute approximate surface area is 103 Å². The number of likely N-dealkylation sites (tertiary alicyclic amines) is 1. The average molecular weight is 235 g/mol. The first-order chi connectivity index (χ1) is 8.20. The van der Waals surface area contributed by atoms with Crippen molar-refractivity contribution >= 4 is 0 Å². The molecule has 1 aliphatic heterocycles. The van der Waals surface area contributed by atoms with Crippen LogP contribution in [0.1, 0.15) is 30.9 Å².